The lowest BCUT2D eigenvalue weighted by Gasteiger charge is -2.15. The van der Waals surface area contributed by atoms with Gasteiger partial charge in [-0.15, -0.1) is 5.10 Å². The summed E-state index contributed by atoms with van der Waals surface area (Å²) in [4.78, 5) is 24.1. The number of rotatable bonds is 7. The zero-order valence-electron chi connectivity index (χ0n) is 19.4. The van der Waals surface area contributed by atoms with E-state index in [4.69, 9.17) is 16.3 Å². The molecule has 5 rings (SSSR count). The van der Waals surface area contributed by atoms with Gasteiger partial charge in [-0.1, -0.05) is 71.4 Å². The van der Waals surface area contributed by atoms with E-state index >= 15 is 0 Å². The number of carboxylic acid groups (broad SMARTS) is 1. The Morgan fingerprint density at radius 1 is 1.03 bits per heavy atom. The second kappa shape index (κ2) is 9.47. The Balaban J connectivity index is 1.27. The molecule has 8 nitrogen and oxygen atoms in total. The number of hydrogen-bond acceptors (Lipinski definition) is 5. The van der Waals surface area contributed by atoms with Crippen molar-refractivity contribution in [3.05, 3.63) is 95.1 Å². The number of hydrogen-bond donors (Lipinski definition) is 2. The second-order valence-electron chi connectivity index (χ2n) is 8.74. The minimum atomic E-state index is -0.765. The fourth-order valence-corrected chi connectivity index (χ4v) is 4.49. The maximum atomic E-state index is 12.5. The zero-order valence-corrected chi connectivity index (χ0v) is 20.1. The third-order valence-corrected chi connectivity index (χ3v) is 6.79. The second-order valence-corrected chi connectivity index (χ2v) is 9.14. The van der Waals surface area contributed by atoms with Crippen LogP contribution in [0, 0.1) is 0 Å². The molecule has 0 aliphatic heterocycles. The van der Waals surface area contributed by atoms with E-state index in [1.54, 1.807) is 19.1 Å². The summed E-state index contributed by atoms with van der Waals surface area (Å²) in [6, 6.07) is 22.4. The van der Waals surface area contributed by atoms with Gasteiger partial charge in [-0.05, 0) is 54.7 Å². The molecule has 1 aliphatic rings. The predicted octanol–water partition coefficient (Wildman–Crippen LogP) is 6.01. The number of ether oxygens (including phenoxy) is 1. The number of benzene rings is 3. The van der Waals surface area contributed by atoms with Crippen LogP contribution in [0.2, 0.25) is 5.02 Å². The Hall–Kier alpha value is -4.17. The lowest BCUT2D eigenvalue weighted by molar-refractivity contribution is -0.140. The zero-order chi connectivity index (χ0) is 25.3. The van der Waals surface area contributed by atoms with Crippen LogP contribution in [0.4, 0.5) is 10.6 Å². The molecule has 0 unspecified atom stereocenters. The molecular formula is C27H23ClN4O4. The first-order chi connectivity index (χ1) is 17.4. The molecule has 1 aliphatic carbocycles. The summed E-state index contributed by atoms with van der Waals surface area (Å²) in [5.41, 5.74) is 3.47. The molecule has 1 aromatic heterocycles. The average molecular weight is 503 g/mol. The fraction of sp³-hybridized carbons (Fsp3) is 0.185. The quantitative estimate of drug-likeness (QED) is 0.320. The first-order valence-electron chi connectivity index (χ1n) is 11.4. The van der Waals surface area contributed by atoms with E-state index in [1.165, 1.54) is 10.9 Å². The molecule has 2 N–H and O–H groups in total. The summed E-state index contributed by atoms with van der Waals surface area (Å²) in [7, 11) is 0. The summed E-state index contributed by atoms with van der Waals surface area (Å²) in [6.07, 6.45) is 1.59. The van der Waals surface area contributed by atoms with Crippen LogP contribution in [0.25, 0.3) is 16.8 Å². The van der Waals surface area contributed by atoms with Crippen LogP contribution in [0.15, 0.2) is 79.0 Å². The van der Waals surface area contributed by atoms with Gasteiger partial charge in [0.1, 0.15) is 6.10 Å². The summed E-state index contributed by atoms with van der Waals surface area (Å²) >= 11 is 6.19. The van der Waals surface area contributed by atoms with Crippen molar-refractivity contribution < 1.29 is 19.4 Å². The molecule has 1 fully saturated rings. The maximum Gasteiger partial charge on any atom is 0.413 e. The molecule has 0 saturated heterocycles. The van der Waals surface area contributed by atoms with E-state index < -0.39 is 23.6 Å². The predicted molar refractivity (Wildman–Crippen MR) is 135 cm³/mol. The van der Waals surface area contributed by atoms with Gasteiger partial charge in [0.25, 0.3) is 0 Å². The Morgan fingerprint density at radius 3 is 2.28 bits per heavy atom. The molecule has 1 amide bonds. The summed E-state index contributed by atoms with van der Waals surface area (Å²) in [5, 5.41) is 20.7. The van der Waals surface area contributed by atoms with Gasteiger partial charge in [-0.3, -0.25) is 10.1 Å². The standard InChI is InChI=1S/C27H23ClN4O4/c1-17(22-4-2-3-5-23(22)28)36-26(35)30-24-16-29-31-32(24)21-12-8-19(9-13-21)18-6-10-20(11-7-18)27(14-15-27)25(33)34/h2-13,16-17H,14-15H2,1H3,(H,30,35)(H,33,34)/t17-/m1/s1. The maximum absolute atomic E-state index is 12.5. The van der Waals surface area contributed by atoms with Crippen LogP contribution in [-0.2, 0) is 14.9 Å². The highest BCUT2D eigenvalue weighted by Crippen LogP contribution is 2.48. The van der Waals surface area contributed by atoms with Crippen LogP contribution in [-0.4, -0.2) is 32.2 Å². The van der Waals surface area contributed by atoms with Crippen molar-refractivity contribution in [2.24, 2.45) is 0 Å². The molecular weight excluding hydrogens is 480 g/mol. The molecule has 4 aromatic rings. The largest absolute Gasteiger partial charge is 0.481 e. The molecule has 0 spiro atoms. The van der Waals surface area contributed by atoms with Gasteiger partial charge in [-0.2, -0.15) is 4.68 Å². The van der Waals surface area contributed by atoms with Crippen LogP contribution in [0.1, 0.15) is 37.0 Å². The number of nitrogens with one attached hydrogen (secondary N) is 1. The summed E-state index contributed by atoms with van der Waals surface area (Å²) in [5.74, 6) is -0.411. The van der Waals surface area contributed by atoms with Gasteiger partial charge in [0, 0.05) is 10.6 Å². The Morgan fingerprint density at radius 2 is 1.67 bits per heavy atom. The molecule has 3 aromatic carbocycles. The smallest absolute Gasteiger partial charge is 0.413 e. The number of aromatic nitrogens is 3. The normalized spacial score (nSPS) is 14.6. The molecule has 36 heavy (non-hydrogen) atoms. The highest BCUT2D eigenvalue weighted by Gasteiger charge is 2.51. The fourth-order valence-electron chi connectivity index (χ4n) is 4.20. The third-order valence-electron chi connectivity index (χ3n) is 6.45. The molecule has 0 radical (unpaired) electrons. The molecule has 1 saturated carbocycles. The summed E-state index contributed by atoms with van der Waals surface area (Å²) in [6.45, 7) is 1.74. The number of carboxylic acids is 1. The van der Waals surface area contributed by atoms with Crippen molar-refractivity contribution in [2.45, 2.75) is 31.3 Å². The number of carbonyl (C=O) groups is 2. The van der Waals surface area contributed by atoms with E-state index in [0.29, 0.717) is 34.9 Å². The molecule has 182 valence electrons. The van der Waals surface area contributed by atoms with Gasteiger partial charge in [0.15, 0.2) is 5.82 Å². The van der Waals surface area contributed by atoms with Crippen molar-refractivity contribution in [1.29, 1.82) is 0 Å². The highest BCUT2D eigenvalue weighted by molar-refractivity contribution is 6.31. The molecule has 0 bridgehead atoms. The van der Waals surface area contributed by atoms with E-state index in [2.05, 4.69) is 15.6 Å². The van der Waals surface area contributed by atoms with Gasteiger partial charge >= 0.3 is 12.1 Å². The summed E-state index contributed by atoms with van der Waals surface area (Å²) < 4.78 is 6.97. The lowest BCUT2D eigenvalue weighted by atomic mass is 9.94. The number of halogens is 1. The number of aliphatic carboxylic acids is 1. The number of carbonyl (C=O) groups excluding carboxylic acids is 1. The van der Waals surface area contributed by atoms with Gasteiger partial charge in [0.2, 0.25) is 0 Å². The lowest BCUT2D eigenvalue weighted by Crippen LogP contribution is -2.19. The minimum absolute atomic E-state index is 0.354. The van der Waals surface area contributed by atoms with E-state index in [1.807, 2.05) is 60.7 Å². The molecule has 1 atom stereocenters. The highest BCUT2D eigenvalue weighted by atomic mass is 35.5. The minimum Gasteiger partial charge on any atom is -0.481 e. The van der Waals surface area contributed by atoms with Crippen molar-refractivity contribution in [3.63, 3.8) is 0 Å². The van der Waals surface area contributed by atoms with Crippen molar-refractivity contribution >= 4 is 29.5 Å². The molecule has 9 heteroatoms. The number of anilines is 1. The van der Waals surface area contributed by atoms with Crippen LogP contribution in [0.3, 0.4) is 0 Å². The SMILES string of the molecule is C[C@@H](OC(=O)Nc1cnnn1-c1ccc(-c2ccc(C3(C(=O)O)CC3)cc2)cc1)c1ccccc1Cl. The topological polar surface area (TPSA) is 106 Å². The van der Waals surface area contributed by atoms with Gasteiger partial charge in [-0.25, -0.2) is 4.79 Å². The number of amides is 1. The van der Waals surface area contributed by atoms with Gasteiger partial charge < -0.3 is 9.84 Å². The van der Waals surface area contributed by atoms with Crippen molar-refractivity contribution in [3.8, 4) is 16.8 Å². The number of nitrogens with zero attached hydrogens (tertiary/aromatic N) is 3. The van der Waals surface area contributed by atoms with Crippen LogP contribution < -0.4 is 5.32 Å². The van der Waals surface area contributed by atoms with Crippen LogP contribution >= 0.6 is 11.6 Å². The average Bonchev–Trinajstić information content (AvgIpc) is 3.58. The van der Waals surface area contributed by atoms with E-state index in [-0.39, 0.29) is 0 Å². The van der Waals surface area contributed by atoms with E-state index in [9.17, 15) is 14.7 Å². The first kappa shape index (κ1) is 23.6. The first-order valence-corrected chi connectivity index (χ1v) is 11.8. The Kier molecular flexibility index (Phi) is 6.20. The van der Waals surface area contributed by atoms with Crippen LogP contribution in [0.5, 0.6) is 0 Å². The Bertz CT molecular complexity index is 1410. The monoisotopic (exact) mass is 502 g/mol. The van der Waals surface area contributed by atoms with Crippen molar-refractivity contribution in [2.75, 3.05) is 5.32 Å². The van der Waals surface area contributed by atoms with E-state index in [0.717, 1.165) is 16.7 Å². The van der Waals surface area contributed by atoms with Crippen molar-refractivity contribution in [1.82, 2.24) is 15.0 Å². The molecule has 1 heterocycles. The third kappa shape index (κ3) is 4.55. The Labute approximate surface area is 212 Å². The van der Waals surface area contributed by atoms with Gasteiger partial charge in [0.05, 0.1) is 17.3 Å².